The monoisotopic (exact) mass is 244 g/mol. The first kappa shape index (κ1) is 10.5. The van der Waals surface area contributed by atoms with Crippen molar-refractivity contribution in [3.63, 3.8) is 0 Å². The minimum absolute atomic E-state index is 0.348. The molecule has 3 nitrogen and oxygen atoms in total. The molecular weight excluding hydrogens is 232 g/mol. The van der Waals surface area contributed by atoms with E-state index in [1.165, 1.54) is 0 Å². The summed E-state index contributed by atoms with van der Waals surface area (Å²) >= 11 is 3.40. The molecule has 13 heavy (non-hydrogen) atoms. The zero-order valence-electron chi connectivity index (χ0n) is 7.74. The van der Waals surface area contributed by atoms with Gasteiger partial charge in [-0.2, -0.15) is 0 Å². The van der Waals surface area contributed by atoms with Gasteiger partial charge in [-0.3, -0.25) is 0 Å². The minimum atomic E-state index is -0.348. The van der Waals surface area contributed by atoms with E-state index in [4.69, 9.17) is 0 Å². The van der Waals surface area contributed by atoms with Crippen molar-refractivity contribution in [1.29, 1.82) is 0 Å². The second kappa shape index (κ2) is 4.58. The van der Waals surface area contributed by atoms with Crippen LogP contribution < -0.4 is 4.90 Å². The maximum absolute atomic E-state index is 9.19. The van der Waals surface area contributed by atoms with Crippen LogP contribution in [0.2, 0.25) is 0 Å². The van der Waals surface area contributed by atoms with Gasteiger partial charge in [-0.25, -0.2) is 4.98 Å². The minimum Gasteiger partial charge on any atom is -0.392 e. The summed E-state index contributed by atoms with van der Waals surface area (Å²) in [5.74, 6) is 0.850. The summed E-state index contributed by atoms with van der Waals surface area (Å²) in [4.78, 5) is 6.11. The van der Waals surface area contributed by atoms with E-state index in [1.54, 1.807) is 13.1 Å². The molecule has 0 aliphatic carbocycles. The van der Waals surface area contributed by atoms with Crippen molar-refractivity contribution < 1.29 is 5.11 Å². The van der Waals surface area contributed by atoms with Gasteiger partial charge in [-0.1, -0.05) is 0 Å². The van der Waals surface area contributed by atoms with Gasteiger partial charge in [0.1, 0.15) is 5.82 Å². The fraction of sp³-hybridized carbons (Fsp3) is 0.444. The van der Waals surface area contributed by atoms with Gasteiger partial charge < -0.3 is 10.0 Å². The second-order valence-corrected chi connectivity index (χ2v) is 3.89. The number of likely N-dealkylation sites (N-methyl/N-ethyl adjacent to an activating group) is 1. The van der Waals surface area contributed by atoms with Gasteiger partial charge in [0, 0.05) is 19.8 Å². The quantitative estimate of drug-likeness (QED) is 0.879. The zero-order chi connectivity index (χ0) is 9.84. The van der Waals surface area contributed by atoms with Crippen LogP contribution >= 0.6 is 15.9 Å². The Morgan fingerprint density at radius 3 is 2.92 bits per heavy atom. The third kappa shape index (κ3) is 2.97. The fourth-order valence-electron chi connectivity index (χ4n) is 1.14. The normalized spacial score (nSPS) is 12.6. The Morgan fingerprint density at radius 1 is 1.69 bits per heavy atom. The van der Waals surface area contributed by atoms with E-state index >= 15 is 0 Å². The second-order valence-electron chi connectivity index (χ2n) is 3.04. The lowest BCUT2D eigenvalue weighted by Crippen LogP contribution is -2.27. The molecule has 72 valence electrons. The van der Waals surface area contributed by atoms with Crippen LogP contribution in [-0.4, -0.2) is 29.8 Å². The average molecular weight is 245 g/mol. The number of aliphatic hydroxyl groups excluding tert-OH is 1. The van der Waals surface area contributed by atoms with Crippen molar-refractivity contribution in [2.45, 2.75) is 13.0 Å². The maximum atomic E-state index is 9.19. The SMILES string of the molecule is CC(O)CN(C)c1ncccc1Br. The molecule has 0 aliphatic rings. The number of nitrogens with zero attached hydrogens (tertiary/aromatic N) is 2. The molecule has 1 atom stereocenters. The molecule has 0 fully saturated rings. The Balaban J connectivity index is 2.76. The van der Waals surface area contributed by atoms with Gasteiger partial charge in [0.2, 0.25) is 0 Å². The zero-order valence-corrected chi connectivity index (χ0v) is 9.32. The molecule has 0 aliphatic heterocycles. The first-order valence-corrected chi connectivity index (χ1v) is 4.90. The fourth-order valence-corrected chi connectivity index (χ4v) is 1.70. The smallest absolute Gasteiger partial charge is 0.142 e. The highest BCUT2D eigenvalue weighted by atomic mass is 79.9. The summed E-state index contributed by atoms with van der Waals surface area (Å²) in [6.45, 7) is 2.34. The number of pyridine rings is 1. The molecule has 1 heterocycles. The van der Waals surface area contributed by atoms with Crippen molar-refractivity contribution in [2.75, 3.05) is 18.5 Å². The number of halogens is 1. The lowest BCUT2D eigenvalue weighted by Gasteiger charge is -2.20. The van der Waals surface area contributed by atoms with Crippen LogP contribution in [0.25, 0.3) is 0 Å². The molecule has 0 aromatic carbocycles. The summed E-state index contributed by atoms with van der Waals surface area (Å²) in [5.41, 5.74) is 0. The van der Waals surface area contributed by atoms with Gasteiger partial charge in [-0.05, 0) is 35.0 Å². The number of anilines is 1. The van der Waals surface area contributed by atoms with E-state index in [0.29, 0.717) is 6.54 Å². The van der Waals surface area contributed by atoms with E-state index in [2.05, 4.69) is 20.9 Å². The van der Waals surface area contributed by atoms with Crippen LogP contribution in [0.1, 0.15) is 6.92 Å². The van der Waals surface area contributed by atoms with E-state index in [9.17, 15) is 5.11 Å². The number of rotatable bonds is 3. The van der Waals surface area contributed by atoms with Crippen molar-refractivity contribution >= 4 is 21.7 Å². The van der Waals surface area contributed by atoms with Crippen LogP contribution in [0.4, 0.5) is 5.82 Å². The molecule has 0 spiro atoms. The molecule has 0 bridgehead atoms. The molecule has 1 rings (SSSR count). The van der Waals surface area contributed by atoms with Gasteiger partial charge in [0.15, 0.2) is 0 Å². The summed E-state index contributed by atoms with van der Waals surface area (Å²) in [7, 11) is 1.90. The van der Waals surface area contributed by atoms with E-state index in [1.807, 2.05) is 24.1 Å². The predicted octanol–water partition coefficient (Wildman–Crippen LogP) is 1.66. The Morgan fingerprint density at radius 2 is 2.38 bits per heavy atom. The van der Waals surface area contributed by atoms with Crippen LogP contribution in [0.15, 0.2) is 22.8 Å². The first-order valence-electron chi connectivity index (χ1n) is 4.11. The molecule has 1 aromatic heterocycles. The molecule has 0 amide bonds. The van der Waals surface area contributed by atoms with Crippen molar-refractivity contribution in [3.05, 3.63) is 22.8 Å². The topological polar surface area (TPSA) is 36.4 Å². The molecule has 1 aromatic rings. The molecule has 4 heteroatoms. The van der Waals surface area contributed by atoms with E-state index in [-0.39, 0.29) is 6.10 Å². The number of aromatic nitrogens is 1. The summed E-state index contributed by atoms with van der Waals surface area (Å²) in [6.07, 6.45) is 1.39. The Kier molecular flexibility index (Phi) is 3.69. The highest BCUT2D eigenvalue weighted by Gasteiger charge is 2.08. The van der Waals surface area contributed by atoms with Crippen LogP contribution in [-0.2, 0) is 0 Å². The Labute approximate surface area is 86.5 Å². The van der Waals surface area contributed by atoms with E-state index < -0.39 is 0 Å². The molecule has 1 unspecified atom stereocenters. The van der Waals surface area contributed by atoms with Crippen molar-refractivity contribution in [2.24, 2.45) is 0 Å². The van der Waals surface area contributed by atoms with Crippen LogP contribution in [0.3, 0.4) is 0 Å². The lowest BCUT2D eigenvalue weighted by atomic mass is 10.3. The largest absolute Gasteiger partial charge is 0.392 e. The van der Waals surface area contributed by atoms with Crippen LogP contribution in [0, 0.1) is 0 Å². The van der Waals surface area contributed by atoms with Gasteiger partial charge in [0.05, 0.1) is 10.6 Å². The third-order valence-electron chi connectivity index (χ3n) is 1.64. The molecule has 0 saturated carbocycles. The van der Waals surface area contributed by atoms with Gasteiger partial charge in [0.25, 0.3) is 0 Å². The maximum Gasteiger partial charge on any atom is 0.142 e. The number of hydrogen-bond donors (Lipinski definition) is 1. The Bertz CT molecular complexity index is 278. The third-order valence-corrected chi connectivity index (χ3v) is 2.26. The molecule has 1 N–H and O–H groups in total. The van der Waals surface area contributed by atoms with Crippen LogP contribution in [0.5, 0.6) is 0 Å². The summed E-state index contributed by atoms with van der Waals surface area (Å²) in [5, 5.41) is 9.19. The highest BCUT2D eigenvalue weighted by molar-refractivity contribution is 9.10. The van der Waals surface area contributed by atoms with Gasteiger partial charge in [-0.15, -0.1) is 0 Å². The van der Waals surface area contributed by atoms with Gasteiger partial charge >= 0.3 is 0 Å². The average Bonchev–Trinajstić information content (AvgIpc) is 2.03. The lowest BCUT2D eigenvalue weighted by molar-refractivity contribution is 0.201. The molecular formula is C9H13BrN2O. The first-order chi connectivity index (χ1) is 6.11. The summed E-state index contributed by atoms with van der Waals surface area (Å²) < 4.78 is 0.943. The predicted molar refractivity (Wildman–Crippen MR) is 56.9 cm³/mol. The Hall–Kier alpha value is -0.610. The highest BCUT2D eigenvalue weighted by Crippen LogP contribution is 2.21. The summed E-state index contributed by atoms with van der Waals surface area (Å²) in [6, 6.07) is 3.80. The van der Waals surface area contributed by atoms with Crippen molar-refractivity contribution in [1.82, 2.24) is 4.98 Å². The van der Waals surface area contributed by atoms with Crippen molar-refractivity contribution in [3.8, 4) is 0 Å². The number of aliphatic hydroxyl groups is 1. The standard InChI is InChI=1S/C9H13BrN2O/c1-7(13)6-12(2)9-8(10)4-3-5-11-9/h3-5,7,13H,6H2,1-2H3. The molecule has 0 saturated heterocycles. The van der Waals surface area contributed by atoms with E-state index in [0.717, 1.165) is 10.3 Å². The number of hydrogen-bond acceptors (Lipinski definition) is 3. The molecule has 0 radical (unpaired) electrons.